The molecule has 11 heteroatoms. The number of hydrogen-bond acceptors (Lipinski definition) is 8. The zero-order valence-electron chi connectivity index (χ0n) is 18.1. The van der Waals surface area contributed by atoms with E-state index in [9.17, 15) is 14.9 Å². The van der Waals surface area contributed by atoms with E-state index in [1.165, 1.54) is 17.8 Å². The predicted octanol–water partition coefficient (Wildman–Crippen LogP) is 3.91. The van der Waals surface area contributed by atoms with Crippen molar-refractivity contribution in [2.75, 3.05) is 18.2 Å². The molecule has 1 aromatic heterocycles. The summed E-state index contributed by atoms with van der Waals surface area (Å²) in [5.41, 5.74) is 0.851. The summed E-state index contributed by atoms with van der Waals surface area (Å²) >= 11 is 1.21. The minimum atomic E-state index is -0.477. The van der Waals surface area contributed by atoms with Crippen molar-refractivity contribution in [2.45, 2.75) is 25.1 Å². The molecule has 2 aromatic carbocycles. The van der Waals surface area contributed by atoms with Gasteiger partial charge in [0.05, 0.1) is 17.8 Å². The summed E-state index contributed by atoms with van der Waals surface area (Å²) in [6.45, 7) is 3.50. The van der Waals surface area contributed by atoms with Crippen molar-refractivity contribution in [3.8, 4) is 11.5 Å². The topological polar surface area (TPSA) is 121 Å². The number of aryl methyl sites for hydroxylation is 1. The molecular weight excluding hydrogens is 434 g/mol. The van der Waals surface area contributed by atoms with Gasteiger partial charge in [0.25, 0.3) is 5.69 Å². The second-order valence-electron chi connectivity index (χ2n) is 6.93. The smallest absolute Gasteiger partial charge is 0.274 e. The van der Waals surface area contributed by atoms with Gasteiger partial charge in [-0.05, 0) is 32.0 Å². The highest BCUT2D eigenvalue weighted by molar-refractivity contribution is 7.99. The average Bonchev–Trinajstić information content (AvgIpc) is 3.14. The minimum Gasteiger partial charge on any atom is -0.497 e. The van der Waals surface area contributed by atoms with Crippen molar-refractivity contribution >= 4 is 29.0 Å². The Labute approximate surface area is 189 Å². The lowest BCUT2D eigenvalue weighted by atomic mass is 10.2. The van der Waals surface area contributed by atoms with Gasteiger partial charge < -0.3 is 19.4 Å². The summed E-state index contributed by atoms with van der Waals surface area (Å²) in [4.78, 5) is 22.9. The third-order valence-electron chi connectivity index (χ3n) is 4.61. The highest BCUT2D eigenvalue weighted by Crippen LogP contribution is 2.26. The molecule has 3 rings (SSSR count). The van der Waals surface area contributed by atoms with Gasteiger partial charge in [0.1, 0.15) is 11.5 Å². The normalized spacial score (nSPS) is 11.6. The Morgan fingerprint density at radius 3 is 2.72 bits per heavy atom. The quantitative estimate of drug-likeness (QED) is 0.292. The van der Waals surface area contributed by atoms with Crippen LogP contribution in [-0.2, 0) is 11.8 Å². The van der Waals surface area contributed by atoms with Gasteiger partial charge >= 0.3 is 0 Å². The van der Waals surface area contributed by atoms with Crippen LogP contribution in [0.25, 0.3) is 0 Å². The molecule has 3 aromatic rings. The number of nitrogens with one attached hydrogen (secondary N) is 1. The molecule has 0 fully saturated rings. The Morgan fingerprint density at radius 2 is 2.00 bits per heavy atom. The highest BCUT2D eigenvalue weighted by Gasteiger charge is 2.19. The number of hydrogen-bond donors (Lipinski definition) is 1. The van der Waals surface area contributed by atoms with Crippen LogP contribution in [0.2, 0.25) is 0 Å². The lowest BCUT2D eigenvalue weighted by Crippen LogP contribution is -2.15. The van der Waals surface area contributed by atoms with Crippen molar-refractivity contribution in [1.29, 1.82) is 0 Å². The van der Waals surface area contributed by atoms with Crippen molar-refractivity contribution in [3.05, 3.63) is 64.0 Å². The Hall–Kier alpha value is -3.60. The maximum absolute atomic E-state index is 12.3. The molecule has 0 saturated heterocycles. The van der Waals surface area contributed by atoms with E-state index >= 15 is 0 Å². The lowest BCUT2D eigenvalue weighted by molar-refractivity contribution is -0.385. The Kier molecular flexibility index (Phi) is 7.31. The van der Waals surface area contributed by atoms with Crippen LogP contribution < -0.4 is 14.8 Å². The molecule has 168 valence electrons. The van der Waals surface area contributed by atoms with E-state index in [2.05, 4.69) is 15.5 Å². The number of aromatic nitrogens is 3. The number of nitro benzene ring substituents is 1. The molecule has 1 atom stereocenters. The summed E-state index contributed by atoms with van der Waals surface area (Å²) in [6, 6.07) is 11.8. The number of methoxy groups -OCH3 is 1. The molecule has 1 N–H and O–H groups in total. The van der Waals surface area contributed by atoms with Crippen LogP contribution in [0.5, 0.6) is 11.5 Å². The molecule has 1 unspecified atom stereocenters. The van der Waals surface area contributed by atoms with Gasteiger partial charge in [0.15, 0.2) is 17.1 Å². The van der Waals surface area contributed by atoms with E-state index in [0.717, 1.165) is 0 Å². The second kappa shape index (κ2) is 10.1. The lowest BCUT2D eigenvalue weighted by Gasteiger charge is -2.14. The first-order valence-electron chi connectivity index (χ1n) is 9.66. The SMILES string of the molecule is COc1cccc(OC(C)c2nnc(SCC(=O)Nc3ccc(C)c([N+](=O)[O-])c3)n2C)c1. The third-order valence-corrected chi connectivity index (χ3v) is 5.63. The van der Waals surface area contributed by atoms with Crippen LogP contribution in [-0.4, -0.2) is 38.5 Å². The number of thioether (sulfide) groups is 1. The van der Waals surface area contributed by atoms with Crippen LogP contribution in [0, 0.1) is 17.0 Å². The number of anilines is 1. The fraction of sp³-hybridized carbons (Fsp3) is 0.286. The number of carbonyl (C=O) groups excluding carboxylic acids is 1. The van der Waals surface area contributed by atoms with E-state index in [4.69, 9.17) is 9.47 Å². The van der Waals surface area contributed by atoms with Crippen molar-refractivity contribution in [3.63, 3.8) is 0 Å². The molecule has 32 heavy (non-hydrogen) atoms. The zero-order valence-corrected chi connectivity index (χ0v) is 18.9. The summed E-state index contributed by atoms with van der Waals surface area (Å²) in [5.74, 6) is 1.69. The van der Waals surface area contributed by atoms with Crippen LogP contribution in [0.1, 0.15) is 24.4 Å². The summed E-state index contributed by atoms with van der Waals surface area (Å²) in [6.07, 6.45) is -0.379. The highest BCUT2D eigenvalue weighted by atomic mass is 32.2. The number of ether oxygens (including phenoxy) is 2. The van der Waals surface area contributed by atoms with Crippen molar-refractivity contribution in [1.82, 2.24) is 14.8 Å². The van der Waals surface area contributed by atoms with Gasteiger partial charge in [-0.25, -0.2) is 0 Å². The fourth-order valence-electron chi connectivity index (χ4n) is 2.95. The van der Waals surface area contributed by atoms with Gasteiger partial charge in [0, 0.05) is 30.4 Å². The van der Waals surface area contributed by atoms with Crippen LogP contribution in [0.3, 0.4) is 0 Å². The molecule has 1 amide bonds. The molecular formula is C21H23N5O5S. The van der Waals surface area contributed by atoms with Crippen LogP contribution in [0.15, 0.2) is 47.6 Å². The molecule has 10 nitrogen and oxygen atoms in total. The first-order valence-corrected chi connectivity index (χ1v) is 10.6. The maximum Gasteiger partial charge on any atom is 0.274 e. The molecule has 0 aliphatic rings. The number of amides is 1. The summed E-state index contributed by atoms with van der Waals surface area (Å²) in [5, 5.41) is 22.6. The van der Waals surface area contributed by atoms with Crippen molar-refractivity contribution in [2.24, 2.45) is 7.05 Å². The molecule has 0 bridgehead atoms. The second-order valence-corrected chi connectivity index (χ2v) is 7.88. The molecule has 0 saturated carbocycles. The standard InChI is InChI=1S/C21H23N5O5S/c1-13-8-9-15(10-18(13)26(28)29)22-19(27)12-32-21-24-23-20(25(21)3)14(2)31-17-7-5-6-16(11-17)30-4/h5-11,14H,12H2,1-4H3,(H,22,27). The number of carbonyl (C=O) groups is 1. The Morgan fingerprint density at radius 1 is 1.25 bits per heavy atom. The van der Waals surface area contributed by atoms with E-state index in [-0.39, 0.29) is 23.5 Å². The van der Waals surface area contributed by atoms with Gasteiger partial charge in [-0.3, -0.25) is 14.9 Å². The molecule has 0 spiro atoms. The summed E-state index contributed by atoms with van der Waals surface area (Å²) in [7, 11) is 3.38. The molecule has 0 aliphatic heterocycles. The Balaban J connectivity index is 1.60. The molecule has 0 aliphatic carbocycles. The monoisotopic (exact) mass is 457 g/mol. The maximum atomic E-state index is 12.3. The molecule has 1 heterocycles. The number of benzene rings is 2. The van der Waals surface area contributed by atoms with Crippen LogP contribution >= 0.6 is 11.8 Å². The summed E-state index contributed by atoms with van der Waals surface area (Å²) < 4.78 is 12.9. The number of rotatable bonds is 9. The fourth-order valence-corrected chi connectivity index (χ4v) is 3.67. The van der Waals surface area contributed by atoms with Gasteiger partial charge in [-0.15, -0.1) is 10.2 Å². The average molecular weight is 458 g/mol. The minimum absolute atomic E-state index is 0.0431. The van der Waals surface area contributed by atoms with Gasteiger partial charge in [0.2, 0.25) is 5.91 Å². The zero-order chi connectivity index (χ0) is 23.3. The van der Waals surface area contributed by atoms with E-state index in [1.54, 1.807) is 43.8 Å². The van der Waals surface area contributed by atoms with Crippen LogP contribution in [0.4, 0.5) is 11.4 Å². The number of nitro groups is 1. The molecule has 0 radical (unpaired) electrons. The van der Waals surface area contributed by atoms with E-state index < -0.39 is 4.92 Å². The van der Waals surface area contributed by atoms with E-state index in [0.29, 0.717) is 33.7 Å². The predicted molar refractivity (Wildman–Crippen MR) is 120 cm³/mol. The van der Waals surface area contributed by atoms with E-state index in [1.807, 2.05) is 25.1 Å². The Bertz CT molecular complexity index is 1130. The first-order chi connectivity index (χ1) is 15.3. The third kappa shape index (κ3) is 5.55. The number of nitrogens with zero attached hydrogens (tertiary/aromatic N) is 4. The first kappa shape index (κ1) is 23.1. The van der Waals surface area contributed by atoms with Gasteiger partial charge in [-0.1, -0.05) is 23.9 Å². The van der Waals surface area contributed by atoms with Gasteiger partial charge in [-0.2, -0.15) is 0 Å². The van der Waals surface area contributed by atoms with Crippen molar-refractivity contribution < 1.29 is 19.2 Å². The largest absolute Gasteiger partial charge is 0.497 e.